The van der Waals surface area contributed by atoms with E-state index >= 15 is 0 Å². The highest BCUT2D eigenvalue weighted by atomic mass is 31.2. The molecule has 1 aliphatic carbocycles. The Morgan fingerprint density at radius 3 is 1.48 bits per heavy atom. The van der Waals surface area contributed by atoms with Crippen LogP contribution in [0, 0.1) is 0 Å². The first-order valence-electron chi connectivity index (χ1n) is 20.0. The summed E-state index contributed by atoms with van der Waals surface area (Å²) in [6.45, 7) is 2.64. The van der Waals surface area contributed by atoms with E-state index in [-0.39, 0.29) is 12.8 Å². The van der Waals surface area contributed by atoms with Gasteiger partial charge in [0.05, 0.1) is 6.61 Å². The standard InChI is InChI=1S/C38H71O13P/c1-3-5-6-7-8-9-10-11-12-13-14-15-16-17-18-19-20-21-22-23-24-25-26-27-32(40)50-30(28-48-31(39)4-2)29-49-52(46,47)51-38-36(44)34(42)33(41)35(43)37(38)45/h13-14,30,33-38,41-45H,3-12,15-29H2,1-2H3,(H,46,47)/b14-13-. The molecule has 0 spiro atoms. The van der Waals surface area contributed by atoms with Crippen molar-refractivity contribution in [1.29, 1.82) is 0 Å². The Morgan fingerprint density at radius 1 is 0.596 bits per heavy atom. The minimum absolute atomic E-state index is 0.0500. The molecule has 6 atom stereocenters. The van der Waals surface area contributed by atoms with Crippen molar-refractivity contribution in [2.75, 3.05) is 13.2 Å². The van der Waals surface area contributed by atoms with Crippen molar-refractivity contribution in [3.05, 3.63) is 12.2 Å². The van der Waals surface area contributed by atoms with Gasteiger partial charge in [-0.15, -0.1) is 0 Å². The Labute approximate surface area is 312 Å². The maximum absolute atomic E-state index is 12.5. The average Bonchev–Trinajstić information content (AvgIpc) is 3.13. The molecule has 0 aromatic heterocycles. The Morgan fingerprint density at radius 2 is 1.02 bits per heavy atom. The summed E-state index contributed by atoms with van der Waals surface area (Å²) in [5.74, 6) is -1.20. The van der Waals surface area contributed by atoms with Gasteiger partial charge in [0.15, 0.2) is 6.10 Å². The molecule has 6 N–H and O–H groups in total. The van der Waals surface area contributed by atoms with E-state index in [0.717, 1.165) is 25.7 Å². The second-order valence-electron chi connectivity index (χ2n) is 14.1. The molecular formula is C38H71O13P. The Bertz CT molecular complexity index is 980. The number of phosphoric acid groups is 1. The number of ether oxygens (including phenoxy) is 2. The molecule has 0 aliphatic heterocycles. The Balaban J connectivity index is 2.17. The highest BCUT2D eigenvalue weighted by Gasteiger charge is 2.51. The number of carbonyl (C=O) groups excluding carboxylic acids is 2. The lowest BCUT2D eigenvalue weighted by atomic mass is 9.85. The van der Waals surface area contributed by atoms with Crippen LogP contribution in [0.4, 0.5) is 0 Å². The largest absolute Gasteiger partial charge is 0.472 e. The number of hydrogen-bond acceptors (Lipinski definition) is 12. The van der Waals surface area contributed by atoms with Crippen molar-refractivity contribution in [3.63, 3.8) is 0 Å². The minimum atomic E-state index is -5.08. The van der Waals surface area contributed by atoms with E-state index in [0.29, 0.717) is 6.42 Å². The molecular weight excluding hydrogens is 695 g/mol. The first-order valence-corrected chi connectivity index (χ1v) is 21.5. The van der Waals surface area contributed by atoms with Crippen LogP contribution < -0.4 is 0 Å². The third kappa shape index (κ3) is 22.7. The van der Waals surface area contributed by atoms with Gasteiger partial charge in [-0.25, -0.2) is 4.57 Å². The summed E-state index contributed by atoms with van der Waals surface area (Å²) in [4.78, 5) is 34.3. The summed E-state index contributed by atoms with van der Waals surface area (Å²) >= 11 is 0. The van der Waals surface area contributed by atoms with Crippen molar-refractivity contribution in [2.24, 2.45) is 0 Å². The van der Waals surface area contributed by atoms with Crippen LogP contribution in [0.5, 0.6) is 0 Å². The number of phosphoric ester groups is 1. The van der Waals surface area contributed by atoms with E-state index < -0.39 is 75.7 Å². The summed E-state index contributed by atoms with van der Waals surface area (Å²) in [6.07, 6.45) is 17.3. The zero-order valence-corrected chi connectivity index (χ0v) is 32.8. The molecule has 0 radical (unpaired) electrons. The molecule has 0 aromatic carbocycles. The van der Waals surface area contributed by atoms with Crippen LogP contribution in [-0.4, -0.2) is 98.3 Å². The number of carbonyl (C=O) groups is 2. The van der Waals surface area contributed by atoms with Crippen LogP contribution in [0.2, 0.25) is 0 Å². The molecule has 1 aliphatic rings. The molecule has 0 aromatic rings. The fraction of sp³-hybridized carbons (Fsp3) is 0.895. The Kier molecular flexibility index (Phi) is 27.9. The van der Waals surface area contributed by atoms with Crippen molar-refractivity contribution < 1.29 is 63.1 Å². The van der Waals surface area contributed by atoms with Gasteiger partial charge in [-0.1, -0.05) is 129 Å². The fourth-order valence-corrected chi connectivity index (χ4v) is 7.06. The second kappa shape index (κ2) is 29.9. The van der Waals surface area contributed by atoms with E-state index in [1.165, 1.54) is 103 Å². The van der Waals surface area contributed by atoms with Crippen molar-refractivity contribution in [2.45, 2.75) is 204 Å². The number of esters is 2. The molecule has 0 heterocycles. The maximum atomic E-state index is 12.5. The quantitative estimate of drug-likeness (QED) is 0.0192. The summed E-state index contributed by atoms with van der Waals surface area (Å²) in [7, 11) is -5.08. The minimum Gasteiger partial charge on any atom is -0.462 e. The second-order valence-corrected chi connectivity index (χ2v) is 15.5. The zero-order chi connectivity index (χ0) is 38.6. The zero-order valence-electron chi connectivity index (χ0n) is 31.9. The first-order chi connectivity index (χ1) is 24.9. The summed E-state index contributed by atoms with van der Waals surface area (Å²) < 4.78 is 32.6. The molecule has 1 saturated carbocycles. The molecule has 0 amide bonds. The topological polar surface area (TPSA) is 210 Å². The van der Waals surface area contributed by atoms with Gasteiger partial charge in [-0.3, -0.25) is 18.6 Å². The normalized spacial score (nSPS) is 23.8. The number of aliphatic hydroxyl groups is 5. The molecule has 1 rings (SSSR count). The van der Waals surface area contributed by atoms with Gasteiger partial charge in [0.2, 0.25) is 0 Å². The molecule has 13 nitrogen and oxygen atoms in total. The third-order valence-electron chi connectivity index (χ3n) is 9.41. The predicted octanol–water partition coefficient (Wildman–Crippen LogP) is 6.33. The van der Waals surface area contributed by atoms with Crippen LogP contribution in [0.25, 0.3) is 0 Å². The number of aliphatic hydroxyl groups excluding tert-OH is 5. The average molecular weight is 767 g/mol. The summed E-state index contributed by atoms with van der Waals surface area (Å²) in [6, 6.07) is 0. The third-order valence-corrected chi connectivity index (χ3v) is 10.4. The van der Waals surface area contributed by atoms with E-state index in [1.54, 1.807) is 6.92 Å². The van der Waals surface area contributed by atoms with Crippen LogP contribution in [-0.2, 0) is 32.7 Å². The smallest absolute Gasteiger partial charge is 0.462 e. The van der Waals surface area contributed by atoms with Gasteiger partial charge in [0, 0.05) is 12.8 Å². The van der Waals surface area contributed by atoms with Crippen LogP contribution in [0.15, 0.2) is 12.2 Å². The number of allylic oxidation sites excluding steroid dienone is 2. The molecule has 6 unspecified atom stereocenters. The van der Waals surface area contributed by atoms with Gasteiger partial charge >= 0.3 is 19.8 Å². The fourth-order valence-electron chi connectivity index (χ4n) is 6.09. The van der Waals surface area contributed by atoms with E-state index in [9.17, 15) is 44.6 Å². The highest BCUT2D eigenvalue weighted by Crippen LogP contribution is 2.47. The first kappa shape index (κ1) is 48.6. The lowest BCUT2D eigenvalue weighted by Gasteiger charge is -2.41. The van der Waals surface area contributed by atoms with Gasteiger partial charge in [0.25, 0.3) is 0 Å². The van der Waals surface area contributed by atoms with Crippen molar-refractivity contribution in [3.8, 4) is 0 Å². The summed E-state index contributed by atoms with van der Waals surface area (Å²) in [5, 5.41) is 49.5. The van der Waals surface area contributed by atoms with Crippen LogP contribution in [0.3, 0.4) is 0 Å². The van der Waals surface area contributed by atoms with Gasteiger partial charge in [-0.05, 0) is 32.1 Å². The summed E-state index contributed by atoms with van der Waals surface area (Å²) in [5.41, 5.74) is 0. The highest BCUT2D eigenvalue weighted by molar-refractivity contribution is 7.47. The predicted molar refractivity (Wildman–Crippen MR) is 198 cm³/mol. The van der Waals surface area contributed by atoms with Gasteiger partial charge in [0.1, 0.15) is 43.2 Å². The lowest BCUT2D eigenvalue weighted by Crippen LogP contribution is -2.64. The molecule has 0 saturated heterocycles. The Hall–Kier alpha value is -1.41. The maximum Gasteiger partial charge on any atom is 0.472 e. The van der Waals surface area contributed by atoms with Crippen molar-refractivity contribution in [1.82, 2.24) is 0 Å². The van der Waals surface area contributed by atoms with Gasteiger partial charge in [-0.2, -0.15) is 0 Å². The van der Waals surface area contributed by atoms with E-state index in [4.69, 9.17) is 18.5 Å². The molecule has 306 valence electrons. The van der Waals surface area contributed by atoms with E-state index in [1.807, 2.05) is 0 Å². The molecule has 1 fully saturated rings. The monoisotopic (exact) mass is 766 g/mol. The SMILES string of the molecule is CCCCCCCCCC/C=C\CCCCCCCCCCCCCC(=O)OC(COC(=O)CC)COP(=O)(O)OC1C(O)C(O)C(O)C(O)C1O. The molecule has 14 heteroatoms. The number of hydrogen-bond donors (Lipinski definition) is 6. The van der Waals surface area contributed by atoms with Crippen LogP contribution in [0.1, 0.15) is 162 Å². The van der Waals surface area contributed by atoms with E-state index in [2.05, 4.69) is 19.1 Å². The van der Waals surface area contributed by atoms with Crippen molar-refractivity contribution >= 4 is 19.8 Å². The number of rotatable bonds is 32. The van der Waals surface area contributed by atoms with Gasteiger partial charge < -0.3 is 39.9 Å². The lowest BCUT2D eigenvalue weighted by molar-refractivity contribution is -0.220. The van der Waals surface area contributed by atoms with Crippen LogP contribution >= 0.6 is 7.82 Å². The molecule has 0 bridgehead atoms. The number of unbranched alkanes of at least 4 members (excludes halogenated alkanes) is 19. The molecule has 52 heavy (non-hydrogen) atoms.